The Morgan fingerprint density at radius 2 is 1.38 bits per heavy atom. The number of sulfonamides is 1. The van der Waals surface area contributed by atoms with Crippen molar-refractivity contribution in [2.75, 3.05) is 4.31 Å². The van der Waals surface area contributed by atoms with E-state index >= 15 is 0 Å². The van der Waals surface area contributed by atoms with Gasteiger partial charge in [-0.3, -0.25) is 4.31 Å². The van der Waals surface area contributed by atoms with Crippen molar-refractivity contribution in [3.63, 3.8) is 0 Å². The van der Waals surface area contributed by atoms with E-state index in [4.69, 9.17) is 0 Å². The lowest BCUT2D eigenvalue weighted by molar-refractivity contribution is 0.561. The van der Waals surface area contributed by atoms with Crippen LogP contribution in [0.1, 0.15) is 5.56 Å². The Morgan fingerprint density at radius 1 is 0.808 bits per heavy atom. The third-order valence-electron chi connectivity index (χ3n) is 3.79. The average molecular weight is 438 g/mol. The van der Waals surface area contributed by atoms with Gasteiger partial charge in [-0.1, -0.05) is 46.3 Å². The largest absolute Gasteiger partial charge is 0.267 e. The molecular formula is C19H14BrF2NO2S. The Kier molecular flexibility index (Phi) is 5.38. The van der Waals surface area contributed by atoms with Crippen LogP contribution < -0.4 is 4.31 Å². The molecule has 0 spiro atoms. The van der Waals surface area contributed by atoms with E-state index in [1.54, 1.807) is 30.3 Å². The lowest BCUT2D eigenvalue weighted by Crippen LogP contribution is -2.31. The van der Waals surface area contributed by atoms with Crippen molar-refractivity contribution >= 4 is 31.6 Å². The highest BCUT2D eigenvalue weighted by atomic mass is 79.9. The first-order valence-corrected chi connectivity index (χ1v) is 9.89. The van der Waals surface area contributed by atoms with Crippen LogP contribution in [-0.2, 0) is 16.6 Å². The summed E-state index contributed by atoms with van der Waals surface area (Å²) >= 11 is 3.29. The van der Waals surface area contributed by atoms with Crippen molar-refractivity contribution in [3.8, 4) is 0 Å². The molecule has 0 saturated carbocycles. The molecule has 0 N–H and O–H groups in total. The van der Waals surface area contributed by atoms with Gasteiger partial charge >= 0.3 is 0 Å². The van der Waals surface area contributed by atoms with E-state index in [0.717, 1.165) is 14.8 Å². The first-order valence-electron chi connectivity index (χ1n) is 7.66. The summed E-state index contributed by atoms with van der Waals surface area (Å²) in [6, 6.07) is 17.5. The predicted molar refractivity (Wildman–Crippen MR) is 100 cm³/mol. The summed E-state index contributed by atoms with van der Waals surface area (Å²) in [6.07, 6.45) is 0. The summed E-state index contributed by atoms with van der Waals surface area (Å²) in [4.78, 5) is -0.459. The van der Waals surface area contributed by atoms with Crippen molar-refractivity contribution in [2.24, 2.45) is 0 Å². The van der Waals surface area contributed by atoms with Crippen LogP contribution in [0.3, 0.4) is 0 Å². The Balaban J connectivity index is 2.13. The Morgan fingerprint density at radius 3 is 2.00 bits per heavy atom. The number of benzene rings is 3. The monoisotopic (exact) mass is 437 g/mol. The number of halogens is 3. The van der Waals surface area contributed by atoms with Gasteiger partial charge < -0.3 is 0 Å². The summed E-state index contributed by atoms with van der Waals surface area (Å²) in [5.74, 6) is -1.39. The smallest absolute Gasteiger partial charge is 0.262 e. The molecule has 3 nitrogen and oxygen atoms in total. The normalized spacial score (nSPS) is 11.3. The minimum absolute atomic E-state index is 0.190. The van der Waals surface area contributed by atoms with Crippen LogP contribution >= 0.6 is 15.9 Å². The standard InChI is InChI=1S/C19H14BrF2NO2S/c20-15-9-11-16(12-10-15)23(13-14-5-1-2-6-17(14)21)26(24,25)19-8-4-3-7-18(19)22/h1-12H,13H2. The van der Waals surface area contributed by atoms with Crippen LogP contribution in [0, 0.1) is 11.6 Å². The first kappa shape index (κ1) is 18.5. The highest BCUT2D eigenvalue weighted by Crippen LogP contribution is 2.29. The van der Waals surface area contributed by atoms with Crippen LogP contribution in [0.25, 0.3) is 0 Å². The summed E-state index contributed by atoms with van der Waals surface area (Å²) in [6.45, 7) is -0.259. The predicted octanol–water partition coefficient (Wildman–Crippen LogP) is 5.12. The summed E-state index contributed by atoms with van der Waals surface area (Å²) in [7, 11) is -4.24. The van der Waals surface area contributed by atoms with E-state index in [0.29, 0.717) is 5.69 Å². The maximum Gasteiger partial charge on any atom is 0.267 e. The SMILES string of the molecule is O=S(=O)(c1ccccc1F)N(Cc1ccccc1F)c1ccc(Br)cc1. The fraction of sp³-hybridized carbons (Fsp3) is 0.0526. The molecule has 0 radical (unpaired) electrons. The van der Waals surface area contributed by atoms with Crippen molar-refractivity contribution in [3.05, 3.63) is 94.5 Å². The molecule has 0 amide bonds. The molecule has 26 heavy (non-hydrogen) atoms. The fourth-order valence-electron chi connectivity index (χ4n) is 2.48. The summed E-state index contributed by atoms with van der Waals surface area (Å²) < 4.78 is 56.2. The molecule has 0 aromatic heterocycles. The molecule has 3 aromatic rings. The van der Waals surface area contributed by atoms with Gasteiger partial charge in [0.25, 0.3) is 10.0 Å². The number of anilines is 1. The number of nitrogens with zero attached hydrogens (tertiary/aromatic N) is 1. The van der Waals surface area contributed by atoms with Gasteiger partial charge in [-0.25, -0.2) is 17.2 Å². The lowest BCUT2D eigenvalue weighted by atomic mass is 10.2. The van der Waals surface area contributed by atoms with Crippen molar-refractivity contribution in [1.29, 1.82) is 0 Å². The van der Waals surface area contributed by atoms with Gasteiger partial charge in [0.05, 0.1) is 12.2 Å². The molecule has 0 heterocycles. The van der Waals surface area contributed by atoms with Crippen LogP contribution in [0.2, 0.25) is 0 Å². The second-order valence-electron chi connectivity index (χ2n) is 5.51. The molecule has 0 aliphatic rings. The molecule has 0 fully saturated rings. The zero-order valence-corrected chi connectivity index (χ0v) is 15.8. The van der Waals surface area contributed by atoms with E-state index in [9.17, 15) is 17.2 Å². The zero-order chi connectivity index (χ0) is 18.7. The topological polar surface area (TPSA) is 37.4 Å². The molecule has 0 aliphatic heterocycles. The minimum Gasteiger partial charge on any atom is -0.262 e. The van der Waals surface area contributed by atoms with E-state index in [-0.39, 0.29) is 12.1 Å². The molecule has 7 heteroatoms. The molecule has 3 aromatic carbocycles. The molecular weight excluding hydrogens is 424 g/mol. The molecule has 0 unspecified atom stereocenters. The van der Waals surface area contributed by atoms with E-state index in [2.05, 4.69) is 15.9 Å². The van der Waals surface area contributed by atoms with Crippen LogP contribution in [-0.4, -0.2) is 8.42 Å². The molecule has 0 saturated heterocycles. The van der Waals surface area contributed by atoms with Crippen molar-refractivity contribution < 1.29 is 17.2 Å². The maximum atomic E-state index is 14.2. The molecule has 134 valence electrons. The van der Waals surface area contributed by atoms with Gasteiger partial charge in [-0.15, -0.1) is 0 Å². The van der Waals surface area contributed by atoms with Crippen molar-refractivity contribution in [1.82, 2.24) is 0 Å². The Bertz CT molecular complexity index is 1020. The summed E-state index contributed by atoms with van der Waals surface area (Å²) in [5, 5.41) is 0. The van der Waals surface area contributed by atoms with E-state index < -0.39 is 26.6 Å². The second-order valence-corrected chi connectivity index (χ2v) is 8.26. The molecule has 0 atom stereocenters. The van der Waals surface area contributed by atoms with Gasteiger partial charge in [0.1, 0.15) is 16.5 Å². The number of rotatable bonds is 5. The lowest BCUT2D eigenvalue weighted by Gasteiger charge is -2.25. The van der Waals surface area contributed by atoms with Crippen LogP contribution in [0.4, 0.5) is 14.5 Å². The minimum atomic E-state index is -4.24. The fourth-order valence-corrected chi connectivity index (χ4v) is 4.25. The van der Waals surface area contributed by atoms with Gasteiger partial charge in [0.15, 0.2) is 0 Å². The number of hydrogen-bond acceptors (Lipinski definition) is 2. The Labute approximate surface area is 159 Å². The van der Waals surface area contributed by atoms with Crippen molar-refractivity contribution in [2.45, 2.75) is 11.4 Å². The number of hydrogen-bond donors (Lipinski definition) is 0. The first-order chi connectivity index (χ1) is 12.4. The van der Waals surface area contributed by atoms with Gasteiger partial charge in [-0.2, -0.15) is 0 Å². The zero-order valence-electron chi connectivity index (χ0n) is 13.4. The highest BCUT2D eigenvalue weighted by molar-refractivity contribution is 9.10. The quantitative estimate of drug-likeness (QED) is 0.555. The molecule has 0 aliphatic carbocycles. The van der Waals surface area contributed by atoms with Gasteiger partial charge in [-0.05, 0) is 42.5 Å². The van der Waals surface area contributed by atoms with Gasteiger partial charge in [0.2, 0.25) is 0 Å². The van der Waals surface area contributed by atoms with Crippen LogP contribution in [0.5, 0.6) is 0 Å². The second kappa shape index (κ2) is 7.55. The van der Waals surface area contributed by atoms with E-state index in [1.807, 2.05) is 0 Å². The average Bonchev–Trinajstić information content (AvgIpc) is 2.62. The van der Waals surface area contributed by atoms with Crippen LogP contribution in [0.15, 0.2) is 82.2 Å². The molecule has 3 rings (SSSR count). The molecule has 0 bridgehead atoms. The summed E-state index contributed by atoms with van der Waals surface area (Å²) in [5.41, 5.74) is 0.495. The highest BCUT2D eigenvalue weighted by Gasteiger charge is 2.28. The maximum absolute atomic E-state index is 14.2. The van der Waals surface area contributed by atoms with E-state index in [1.165, 1.54) is 36.4 Å². The third kappa shape index (κ3) is 3.78. The van der Waals surface area contributed by atoms with Gasteiger partial charge in [0, 0.05) is 10.0 Å². The third-order valence-corrected chi connectivity index (χ3v) is 6.13. The Hall–Kier alpha value is -2.25.